The lowest BCUT2D eigenvalue weighted by molar-refractivity contribution is -0.140. The van der Waals surface area contributed by atoms with Gasteiger partial charge in [-0.25, -0.2) is 10.2 Å². The number of aromatic nitrogens is 2. The van der Waals surface area contributed by atoms with Crippen LogP contribution in [0.15, 0.2) is 36.4 Å². The molecule has 0 radical (unpaired) electrons. The molecule has 208 valence electrons. The maximum absolute atomic E-state index is 15.7. The molecular formula is C22H10Cl5F7N4O. The van der Waals surface area contributed by atoms with E-state index in [0.717, 1.165) is 18.2 Å². The predicted molar refractivity (Wildman–Crippen MR) is 133 cm³/mol. The van der Waals surface area contributed by atoms with E-state index in [1.54, 1.807) is 0 Å². The van der Waals surface area contributed by atoms with Crippen molar-refractivity contribution in [1.29, 1.82) is 0 Å². The first-order chi connectivity index (χ1) is 18.0. The highest BCUT2D eigenvalue weighted by Gasteiger charge is 2.43. The third-order valence-electron chi connectivity index (χ3n) is 5.14. The number of hydrogen-bond donors (Lipinski definition) is 2. The zero-order valence-electron chi connectivity index (χ0n) is 18.5. The van der Waals surface area contributed by atoms with E-state index in [2.05, 4.69) is 10.2 Å². The molecule has 1 unspecified atom stereocenters. The fourth-order valence-corrected chi connectivity index (χ4v) is 4.49. The first-order valence-electron chi connectivity index (χ1n) is 10.00. The Morgan fingerprint density at radius 1 is 0.923 bits per heavy atom. The molecule has 5 nitrogen and oxygen atoms in total. The van der Waals surface area contributed by atoms with Crippen LogP contribution in [0.1, 0.15) is 33.0 Å². The topological polar surface area (TPSA) is 80.9 Å². The second-order valence-electron chi connectivity index (χ2n) is 7.59. The molecule has 0 fully saturated rings. The fraction of sp³-hybridized carbons (Fsp3) is 0.136. The summed E-state index contributed by atoms with van der Waals surface area (Å²) in [6, 6.07) is 3.49. The molecule has 0 bridgehead atoms. The normalized spacial score (nSPS) is 13.4. The van der Waals surface area contributed by atoms with E-state index >= 15 is 4.39 Å². The van der Waals surface area contributed by atoms with Crippen molar-refractivity contribution in [1.82, 2.24) is 15.6 Å². The standard InChI is InChI=1S/C22H10Cl5F7N4O/c23-12-3-7(4-13(24)18(12)26)11(21(29,30)31)6-14(28)8-1-2-9(20(39)36-35)17(22(32,33)34)16(8)10-5-15(25)37-38-19(10)27/h1-6,11H,35H2,(H,36,39). The number of nitrogen functional groups attached to an aromatic ring is 1. The van der Waals surface area contributed by atoms with Crippen LogP contribution in [0.5, 0.6) is 0 Å². The van der Waals surface area contributed by atoms with Crippen molar-refractivity contribution in [3.8, 4) is 11.1 Å². The molecule has 1 heterocycles. The number of allylic oxidation sites excluding steroid dienone is 1. The van der Waals surface area contributed by atoms with Crippen LogP contribution in [0.2, 0.25) is 25.4 Å². The minimum Gasteiger partial charge on any atom is -0.290 e. The first-order valence-corrected chi connectivity index (χ1v) is 11.9. The maximum Gasteiger partial charge on any atom is 0.417 e. The van der Waals surface area contributed by atoms with Gasteiger partial charge in [0.15, 0.2) is 10.3 Å². The van der Waals surface area contributed by atoms with E-state index in [4.69, 9.17) is 63.8 Å². The van der Waals surface area contributed by atoms with Gasteiger partial charge in [0, 0.05) is 16.7 Å². The molecular weight excluding hydrogens is 647 g/mol. The van der Waals surface area contributed by atoms with Gasteiger partial charge >= 0.3 is 12.4 Å². The van der Waals surface area contributed by atoms with Gasteiger partial charge in [0.1, 0.15) is 11.7 Å². The van der Waals surface area contributed by atoms with E-state index in [0.29, 0.717) is 12.1 Å². The second kappa shape index (κ2) is 11.6. The highest BCUT2D eigenvalue weighted by molar-refractivity contribution is 6.48. The molecule has 0 aliphatic rings. The van der Waals surface area contributed by atoms with E-state index in [9.17, 15) is 31.1 Å². The van der Waals surface area contributed by atoms with Crippen molar-refractivity contribution in [2.45, 2.75) is 18.3 Å². The summed E-state index contributed by atoms with van der Waals surface area (Å²) >= 11 is 29.1. The summed E-state index contributed by atoms with van der Waals surface area (Å²) < 4.78 is 101. The lowest BCUT2D eigenvalue weighted by atomic mass is 9.88. The van der Waals surface area contributed by atoms with Crippen LogP contribution in [-0.4, -0.2) is 22.3 Å². The van der Waals surface area contributed by atoms with Crippen LogP contribution in [-0.2, 0) is 6.18 Å². The lowest BCUT2D eigenvalue weighted by Gasteiger charge is -2.22. The Balaban J connectivity index is 2.43. The van der Waals surface area contributed by atoms with Gasteiger partial charge in [-0.15, -0.1) is 10.2 Å². The van der Waals surface area contributed by atoms with Crippen molar-refractivity contribution >= 4 is 69.7 Å². The third kappa shape index (κ3) is 6.69. The summed E-state index contributed by atoms with van der Waals surface area (Å²) in [7, 11) is 0. The largest absolute Gasteiger partial charge is 0.417 e. The molecule has 0 aliphatic carbocycles. The van der Waals surface area contributed by atoms with Crippen molar-refractivity contribution < 1.29 is 35.5 Å². The summed E-state index contributed by atoms with van der Waals surface area (Å²) in [6.07, 6.45) is -10.6. The average Bonchev–Trinajstić information content (AvgIpc) is 2.84. The van der Waals surface area contributed by atoms with Crippen LogP contribution in [0.25, 0.3) is 17.0 Å². The Bertz CT molecular complexity index is 1460. The molecule has 1 aromatic heterocycles. The summed E-state index contributed by atoms with van der Waals surface area (Å²) in [5.74, 6) is -0.994. The first kappa shape index (κ1) is 31.2. The maximum atomic E-state index is 15.7. The van der Waals surface area contributed by atoms with Crippen molar-refractivity contribution in [2.75, 3.05) is 0 Å². The molecule has 0 spiro atoms. The van der Waals surface area contributed by atoms with E-state index < -0.39 is 73.7 Å². The Morgan fingerprint density at radius 3 is 2.00 bits per heavy atom. The highest BCUT2D eigenvalue weighted by atomic mass is 35.5. The van der Waals surface area contributed by atoms with Gasteiger partial charge < -0.3 is 0 Å². The van der Waals surface area contributed by atoms with Gasteiger partial charge in [0.2, 0.25) is 0 Å². The van der Waals surface area contributed by atoms with Crippen LogP contribution in [0, 0.1) is 0 Å². The molecule has 3 rings (SSSR count). The number of rotatable bonds is 5. The molecule has 1 atom stereocenters. The summed E-state index contributed by atoms with van der Waals surface area (Å²) in [5, 5.41) is 4.47. The molecule has 3 N–H and O–H groups in total. The number of hydrazine groups is 1. The zero-order valence-corrected chi connectivity index (χ0v) is 22.2. The van der Waals surface area contributed by atoms with E-state index in [1.807, 2.05) is 0 Å². The zero-order chi connectivity index (χ0) is 29.4. The number of nitrogens with zero attached hydrogens (tertiary/aromatic N) is 2. The fourth-order valence-electron chi connectivity index (χ4n) is 3.54. The Labute approximate surface area is 239 Å². The van der Waals surface area contributed by atoms with Crippen LogP contribution in [0.4, 0.5) is 30.7 Å². The number of benzene rings is 2. The van der Waals surface area contributed by atoms with E-state index in [1.165, 1.54) is 5.43 Å². The average molecular weight is 657 g/mol. The van der Waals surface area contributed by atoms with Gasteiger partial charge in [0.25, 0.3) is 5.91 Å². The molecule has 0 saturated heterocycles. The van der Waals surface area contributed by atoms with Gasteiger partial charge in [-0.2, -0.15) is 26.3 Å². The van der Waals surface area contributed by atoms with Crippen LogP contribution < -0.4 is 11.3 Å². The van der Waals surface area contributed by atoms with Crippen molar-refractivity contribution in [2.24, 2.45) is 5.84 Å². The molecule has 0 saturated carbocycles. The van der Waals surface area contributed by atoms with Gasteiger partial charge in [-0.1, -0.05) is 64.1 Å². The van der Waals surface area contributed by atoms with Gasteiger partial charge in [-0.3, -0.25) is 10.2 Å². The summed E-state index contributed by atoms with van der Waals surface area (Å²) in [6.45, 7) is 0. The lowest BCUT2D eigenvalue weighted by Crippen LogP contribution is -2.32. The van der Waals surface area contributed by atoms with Gasteiger partial charge in [0.05, 0.1) is 26.2 Å². The number of halogens is 12. The Morgan fingerprint density at radius 2 is 1.49 bits per heavy atom. The van der Waals surface area contributed by atoms with Gasteiger partial charge in [-0.05, 0) is 35.9 Å². The number of carbonyl (C=O) groups excluding carboxylic acids is 1. The number of alkyl halides is 6. The third-order valence-corrected chi connectivity index (χ3v) is 6.80. The second-order valence-corrected chi connectivity index (χ2v) is 9.52. The predicted octanol–water partition coefficient (Wildman–Crippen LogP) is 8.69. The number of nitrogens with one attached hydrogen (secondary N) is 1. The SMILES string of the molecule is NNC(=O)c1ccc(C(F)=CC(c2cc(Cl)c(Cl)c(Cl)c2)C(F)(F)F)c(-c2cc(Cl)nnc2Cl)c1C(F)(F)F. The highest BCUT2D eigenvalue weighted by Crippen LogP contribution is 2.47. The minimum absolute atomic E-state index is 0.00168. The van der Waals surface area contributed by atoms with E-state index in [-0.39, 0.29) is 21.1 Å². The molecule has 17 heteroatoms. The number of hydrogen-bond acceptors (Lipinski definition) is 4. The Kier molecular flexibility index (Phi) is 9.30. The van der Waals surface area contributed by atoms with Crippen LogP contribution >= 0.6 is 58.0 Å². The summed E-state index contributed by atoms with van der Waals surface area (Å²) in [5.41, 5.74) is -4.89. The number of nitrogens with two attached hydrogens (primary N) is 1. The van der Waals surface area contributed by atoms with Crippen molar-refractivity contribution in [3.05, 3.63) is 84.0 Å². The number of amides is 1. The molecule has 0 aliphatic heterocycles. The minimum atomic E-state index is -5.38. The summed E-state index contributed by atoms with van der Waals surface area (Å²) in [4.78, 5) is 12.2. The molecule has 39 heavy (non-hydrogen) atoms. The monoisotopic (exact) mass is 654 g/mol. The molecule has 1 amide bonds. The van der Waals surface area contributed by atoms with Crippen molar-refractivity contribution in [3.63, 3.8) is 0 Å². The number of carbonyl (C=O) groups is 1. The Hall–Kier alpha value is -2.35. The quantitative estimate of drug-likeness (QED) is 0.0947. The van der Waals surface area contributed by atoms with Crippen LogP contribution in [0.3, 0.4) is 0 Å². The smallest absolute Gasteiger partial charge is 0.290 e. The molecule has 2 aromatic carbocycles. The molecule has 3 aromatic rings.